The van der Waals surface area contributed by atoms with Gasteiger partial charge in [-0.05, 0) is 56.2 Å². The van der Waals surface area contributed by atoms with E-state index in [1.165, 1.54) is 36.4 Å². The molecule has 3 rings (SSSR count). The van der Waals surface area contributed by atoms with Crippen LogP contribution in [-0.4, -0.2) is 32.0 Å². The molecule has 1 amide bonds. The Kier molecular flexibility index (Phi) is 5.67. The van der Waals surface area contributed by atoms with Crippen LogP contribution in [0.25, 0.3) is 5.69 Å². The zero-order valence-corrected chi connectivity index (χ0v) is 16.0. The second-order valence-corrected chi connectivity index (χ2v) is 6.87. The van der Waals surface area contributed by atoms with E-state index < -0.39 is 11.4 Å². The summed E-state index contributed by atoms with van der Waals surface area (Å²) in [7, 11) is 0. The normalized spacial score (nSPS) is 12.0. The Bertz CT molecular complexity index is 1040. The molecule has 0 aliphatic rings. The second-order valence-electron chi connectivity index (χ2n) is 6.87. The Labute approximate surface area is 161 Å². The van der Waals surface area contributed by atoms with Gasteiger partial charge in [-0.1, -0.05) is 6.92 Å². The third-order valence-electron chi connectivity index (χ3n) is 4.30. The van der Waals surface area contributed by atoms with E-state index >= 15 is 0 Å². The van der Waals surface area contributed by atoms with Crippen LogP contribution in [0.4, 0.5) is 4.39 Å². The molecule has 1 atom stereocenters. The van der Waals surface area contributed by atoms with Gasteiger partial charge in [-0.2, -0.15) is 14.9 Å². The molecule has 1 aromatic carbocycles. The second kappa shape index (κ2) is 8.16. The first-order valence-electron chi connectivity index (χ1n) is 8.99. The Morgan fingerprint density at radius 3 is 2.50 bits per heavy atom. The first-order valence-corrected chi connectivity index (χ1v) is 8.99. The summed E-state index contributed by atoms with van der Waals surface area (Å²) in [6, 6.07) is 9.99. The van der Waals surface area contributed by atoms with Gasteiger partial charge in [-0.15, -0.1) is 0 Å². The summed E-state index contributed by atoms with van der Waals surface area (Å²) < 4.78 is 16.1. The van der Waals surface area contributed by atoms with Crippen molar-refractivity contribution in [2.75, 3.05) is 6.54 Å². The highest BCUT2D eigenvalue weighted by atomic mass is 19.1. The molecule has 146 valence electrons. The van der Waals surface area contributed by atoms with E-state index in [4.69, 9.17) is 0 Å². The van der Waals surface area contributed by atoms with Crippen molar-refractivity contribution in [1.29, 1.82) is 0 Å². The highest BCUT2D eigenvalue weighted by molar-refractivity contribution is 5.92. The third-order valence-corrected chi connectivity index (χ3v) is 4.30. The molecular formula is C20H22FN5O2. The fraction of sp³-hybridized carbons (Fsp3) is 0.300. The minimum Gasteiger partial charge on any atom is -0.350 e. The van der Waals surface area contributed by atoms with Crippen LogP contribution in [0.2, 0.25) is 0 Å². The summed E-state index contributed by atoms with van der Waals surface area (Å²) in [6.45, 7) is 7.08. The lowest BCUT2D eigenvalue weighted by molar-refractivity contribution is 0.0939. The third kappa shape index (κ3) is 4.51. The number of nitrogens with zero attached hydrogens (tertiary/aromatic N) is 4. The molecule has 2 heterocycles. The lowest BCUT2D eigenvalue weighted by atomic mass is 10.2. The predicted molar refractivity (Wildman–Crippen MR) is 103 cm³/mol. The molecule has 0 radical (unpaired) electrons. The summed E-state index contributed by atoms with van der Waals surface area (Å²) >= 11 is 0. The number of nitrogens with one attached hydrogen (secondary N) is 1. The highest BCUT2D eigenvalue weighted by Crippen LogP contribution is 2.07. The largest absolute Gasteiger partial charge is 0.350 e. The number of hydrogen-bond donors (Lipinski definition) is 1. The van der Waals surface area contributed by atoms with Gasteiger partial charge in [0.1, 0.15) is 11.5 Å². The number of carbonyl (C=O) groups excluding carboxylic acids is 1. The zero-order chi connectivity index (χ0) is 20.3. The number of hydrogen-bond acceptors (Lipinski definition) is 4. The number of amides is 1. The van der Waals surface area contributed by atoms with Gasteiger partial charge in [0, 0.05) is 24.8 Å². The average molecular weight is 383 g/mol. The topological polar surface area (TPSA) is 81.8 Å². The van der Waals surface area contributed by atoms with E-state index in [9.17, 15) is 14.0 Å². The van der Waals surface area contributed by atoms with Crippen LogP contribution in [-0.2, 0) is 6.54 Å². The fourth-order valence-electron chi connectivity index (χ4n) is 2.88. The molecule has 28 heavy (non-hydrogen) atoms. The molecule has 0 bridgehead atoms. The fourth-order valence-corrected chi connectivity index (χ4v) is 2.88. The first kappa shape index (κ1) is 19.5. The maximum absolute atomic E-state index is 13.1. The summed E-state index contributed by atoms with van der Waals surface area (Å²) in [5.41, 5.74) is 2.13. The van der Waals surface area contributed by atoms with Gasteiger partial charge < -0.3 is 5.32 Å². The van der Waals surface area contributed by atoms with E-state index in [-0.39, 0.29) is 17.5 Å². The molecule has 0 saturated carbocycles. The van der Waals surface area contributed by atoms with Crippen molar-refractivity contribution in [3.8, 4) is 5.69 Å². The van der Waals surface area contributed by atoms with E-state index in [0.29, 0.717) is 18.8 Å². The molecule has 8 heteroatoms. The molecular weight excluding hydrogens is 361 g/mol. The molecule has 7 nitrogen and oxygen atoms in total. The van der Waals surface area contributed by atoms with Crippen molar-refractivity contribution in [3.63, 3.8) is 0 Å². The van der Waals surface area contributed by atoms with Gasteiger partial charge in [0.2, 0.25) is 0 Å². The van der Waals surface area contributed by atoms with Crippen molar-refractivity contribution in [2.24, 2.45) is 5.92 Å². The van der Waals surface area contributed by atoms with Crippen molar-refractivity contribution < 1.29 is 9.18 Å². The van der Waals surface area contributed by atoms with Gasteiger partial charge in [0.15, 0.2) is 0 Å². The van der Waals surface area contributed by atoms with Crippen molar-refractivity contribution in [3.05, 3.63) is 75.7 Å². The van der Waals surface area contributed by atoms with Crippen molar-refractivity contribution in [1.82, 2.24) is 24.9 Å². The predicted octanol–water partition coefficient (Wildman–Crippen LogP) is 2.25. The molecule has 3 aromatic rings. The quantitative estimate of drug-likeness (QED) is 0.708. The zero-order valence-electron chi connectivity index (χ0n) is 16.0. The van der Waals surface area contributed by atoms with Crippen LogP contribution < -0.4 is 10.9 Å². The minimum absolute atomic E-state index is 0.113. The van der Waals surface area contributed by atoms with Gasteiger partial charge >= 0.3 is 0 Å². The number of carbonyl (C=O) groups is 1. The Balaban J connectivity index is 1.67. The van der Waals surface area contributed by atoms with Gasteiger partial charge in [-0.25, -0.2) is 4.39 Å². The Morgan fingerprint density at radius 2 is 1.86 bits per heavy atom. The maximum Gasteiger partial charge on any atom is 0.271 e. The Hall–Kier alpha value is -3.29. The molecule has 0 saturated heterocycles. The van der Waals surface area contributed by atoms with Crippen LogP contribution in [0.5, 0.6) is 0 Å². The van der Waals surface area contributed by atoms with Crippen LogP contribution in [0, 0.1) is 25.6 Å². The highest BCUT2D eigenvalue weighted by Gasteiger charge is 2.13. The number of halogens is 1. The van der Waals surface area contributed by atoms with E-state index in [2.05, 4.69) is 15.5 Å². The molecule has 0 aliphatic heterocycles. The summed E-state index contributed by atoms with van der Waals surface area (Å²) in [4.78, 5) is 24.5. The van der Waals surface area contributed by atoms with Crippen LogP contribution in [0.1, 0.15) is 28.8 Å². The minimum atomic E-state index is -0.415. The molecule has 1 unspecified atom stereocenters. The lowest BCUT2D eigenvalue weighted by Crippen LogP contribution is -2.32. The van der Waals surface area contributed by atoms with Crippen LogP contribution >= 0.6 is 0 Å². The van der Waals surface area contributed by atoms with Gasteiger partial charge in [-0.3, -0.25) is 14.3 Å². The smallest absolute Gasteiger partial charge is 0.271 e. The summed E-state index contributed by atoms with van der Waals surface area (Å²) in [5.74, 6) is -0.636. The number of rotatable bonds is 6. The first-order chi connectivity index (χ1) is 13.3. The van der Waals surface area contributed by atoms with Crippen molar-refractivity contribution in [2.45, 2.75) is 27.3 Å². The standard InChI is InChI=1S/C20H22FN5O2/c1-13(12-25-15(3)10-14(2)23-25)11-22-20(28)18-8-9-19(27)26(24-18)17-6-4-16(21)5-7-17/h4-10,13H,11-12H2,1-3H3,(H,22,28). The summed E-state index contributed by atoms with van der Waals surface area (Å²) in [5, 5.41) is 11.4. The number of aromatic nitrogens is 4. The molecule has 0 spiro atoms. The van der Waals surface area contributed by atoms with Gasteiger partial charge in [0.25, 0.3) is 11.5 Å². The van der Waals surface area contributed by atoms with E-state index in [1.54, 1.807) is 0 Å². The number of benzene rings is 1. The molecule has 0 fully saturated rings. The lowest BCUT2D eigenvalue weighted by Gasteiger charge is -2.14. The van der Waals surface area contributed by atoms with E-state index in [1.807, 2.05) is 31.5 Å². The maximum atomic E-state index is 13.1. The van der Waals surface area contributed by atoms with Crippen molar-refractivity contribution >= 4 is 5.91 Å². The average Bonchev–Trinajstić information content (AvgIpc) is 2.98. The molecule has 0 aliphatic carbocycles. The van der Waals surface area contributed by atoms with E-state index in [0.717, 1.165) is 16.1 Å². The van der Waals surface area contributed by atoms with Crippen LogP contribution in [0.15, 0.2) is 47.3 Å². The Morgan fingerprint density at radius 1 is 1.14 bits per heavy atom. The SMILES string of the molecule is Cc1cc(C)n(CC(C)CNC(=O)c2ccc(=O)n(-c3ccc(F)cc3)n2)n1. The number of aryl methyl sites for hydroxylation is 2. The molecule has 1 N–H and O–H groups in total. The monoisotopic (exact) mass is 383 g/mol. The summed E-state index contributed by atoms with van der Waals surface area (Å²) in [6.07, 6.45) is 0. The molecule has 2 aromatic heterocycles. The van der Waals surface area contributed by atoms with Gasteiger partial charge in [0.05, 0.1) is 11.4 Å². The van der Waals surface area contributed by atoms with Crippen LogP contribution in [0.3, 0.4) is 0 Å².